The molecule has 1 heterocycles. The van der Waals surface area contributed by atoms with Gasteiger partial charge in [0.2, 0.25) is 5.91 Å². The lowest BCUT2D eigenvalue weighted by molar-refractivity contribution is -0.123. The molecule has 1 amide bonds. The molecule has 0 fully saturated rings. The van der Waals surface area contributed by atoms with Crippen LogP contribution in [-0.4, -0.2) is 33.2 Å². The molecule has 0 saturated heterocycles. The van der Waals surface area contributed by atoms with Crippen molar-refractivity contribution in [1.29, 1.82) is 0 Å². The lowest BCUT2D eigenvalue weighted by Crippen LogP contribution is -2.35. The van der Waals surface area contributed by atoms with Gasteiger partial charge in [0.15, 0.2) is 11.5 Å². The fraction of sp³-hybridized carbons (Fsp3) is 0.300. The van der Waals surface area contributed by atoms with Crippen LogP contribution in [-0.2, 0) is 22.5 Å². The van der Waals surface area contributed by atoms with Crippen LogP contribution >= 0.6 is 0 Å². The van der Waals surface area contributed by atoms with Crippen LogP contribution in [0.4, 0.5) is 0 Å². The number of carbonyl (C=O) groups is 2. The molecule has 1 atom stereocenters. The van der Waals surface area contributed by atoms with Crippen LogP contribution in [0.3, 0.4) is 0 Å². The van der Waals surface area contributed by atoms with E-state index in [2.05, 4.69) is 5.32 Å². The predicted octanol–water partition coefficient (Wildman–Crippen LogP) is 2.45. The smallest absolute Gasteiger partial charge is 0.337 e. The summed E-state index contributed by atoms with van der Waals surface area (Å²) in [5.41, 5.74) is 3.39. The van der Waals surface area contributed by atoms with Crippen LogP contribution in [0, 0.1) is 0 Å². The summed E-state index contributed by atoms with van der Waals surface area (Å²) >= 11 is 0. The van der Waals surface area contributed by atoms with Gasteiger partial charge in [-0.15, -0.1) is 0 Å². The number of methoxy groups -OCH3 is 3. The van der Waals surface area contributed by atoms with E-state index in [0.717, 1.165) is 16.7 Å². The predicted molar refractivity (Wildman–Crippen MR) is 95.6 cm³/mol. The van der Waals surface area contributed by atoms with Gasteiger partial charge >= 0.3 is 5.97 Å². The molecule has 1 aliphatic rings. The third kappa shape index (κ3) is 3.35. The number of carbonyl (C=O) groups excluding carboxylic acids is 2. The number of nitrogens with one attached hydrogen (secondary N) is 1. The summed E-state index contributed by atoms with van der Waals surface area (Å²) in [4.78, 5) is 24.0. The normalized spacial score (nSPS) is 15.7. The molecule has 136 valence electrons. The number of hydrogen-bond donors (Lipinski definition) is 1. The highest BCUT2D eigenvalue weighted by Crippen LogP contribution is 2.37. The standard InChI is InChI=1S/C20H21NO5/c1-24-17-9-14-11-21-19(22)16(15(14)10-18(17)25-2)8-12-4-6-13(7-5-12)20(23)26-3/h4-7,9-10,16H,8,11H2,1-3H3,(H,21,22). The van der Waals surface area contributed by atoms with E-state index in [9.17, 15) is 9.59 Å². The third-order valence-electron chi connectivity index (χ3n) is 4.61. The van der Waals surface area contributed by atoms with Gasteiger partial charge in [-0.3, -0.25) is 4.79 Å². The summed E-state index contributed by atoms with van der Waals surface area (Å²) in [6.45, 7) is 0.465. The summed E-state index contributed by atoms with van der Waals surface area (Å²) in [6, 6.07) is 10.9. The second-order valence-electron chi connectivity index (χ2n) is 6.07. The first-order valence-corrected chi connectivity index (χ1v) is 8.27. The zero-order valence-corrected chi connectivity index (χ0v) is 15.0. The summed E-state index contributed by atoms with van der Waals surface area (Å²) in [5, 5.41) is 2.93. The SMILES string of the molecule is COC(=O)c1ccc(CC2C(=O)NCc3cc(OC)c(OC)cc32)cc1. The van der Waals surface area contributed by atoms with Crippen molar-refractivity contribution in [3.63, 3.8) is 0 Å². The largest absolute Gasteiger partial charge is 0.493 e. The van der Waals surface area contributed by atoms with Crippen molar-refractivity contribution in [2.45, 2.75) is 18.9 Å². The molecule has 6 heteroatoms. The molecule has 1 aliphatic heterocycles. The Morgan fingerprint density at radius 1 is 1.08 bits per heavy atom. The zero-order chi connectivity index (χ0) is 18.7. The van der Waals surface area contributed by atoms with Crippen molar-refractivity contribution in [3.05, 3.63) is 58.7 Å². The molecular formula is C20H21NO5. The number of fused-ring (bicyclic) bond motifs is 1. The fourth-order valence-electron chi connectivity index (χ4n) is 3.19. The molecule has 2 aromatic carbocycles. The van der Waals surface area contributed by atoms with Crippen molar-refractivity contribution >= 4 is 11.9 Å². The minimum absolute atomic E-state index is 0.0261. The Labute approximate surface area is 152 Å². The maximum absolute atomic E-state index is 12.5. The molecule has 0 spiro atoms. The molecule has 0 radical (unpaired) electrons. The van der Waals surface area contributed by atoms with Gasteiger partial charge in [-0.05, 0) is 47.4 Å². The highest BCUT2D eigenvalue weighted by atomic mass is 16.5. The summed E-state index contributed by atoms with van der Waals surface area (Å²) in [7, 11) is 4.51. The Hall–Kier alpha value is -3.02. The average Bonchev–Trinajstić information content (AvgIpc) is 2.69. The van der Waals surface area contributed by atoms with Crippen molar-refractivity contribution in [3.8, 4) is 11.5 Å². The molecule has 2 aromatic rings. The Kier molecular flexibility index (Phi) is 5.11. The average molecular weight is 355 g/mol. The molecule has 26 heavy (non-hydrogen) atoms. The van der Waals surface area contributed by atoms with Gasteiger partial charge in [0.1, 0.15) is 0 Å². The van der Waals surface area contributed by atoms with Crippen LogP contribution in [0.1, 0.15) is 33.0 Å². The van der Waals surface area contributed by atoms with E-state index in [1.54, 1.807) is 26.4 Å². The summed E-state index contributed by atoms with van der Waals surface area (Å²) in [5.74, 6) is 0.508. The minimum atomic E-state index is -0.380. The number of amides is 1. The van der Waals surface area contributed by atoms with Gasteiger partial charge in [0.25, 0.3) is 0 Å². The molecular weight excluding hydrogens is 334 g/mol. The first kappa shape index (κ1) is 17.8. The lowest BCUT2D eigenvalue weighted by atomic mass is 9.85. The molecule has 0 aromatic heterocycles. The number of ether oxygens (including phenoxy) is 3. The van der Waals surface area contributed by atoms with Gasteiger partial charge in [-0.1, -0.05) is 12.1 Å². The maximum atomic E-state index is 12.5. The van der Waals surface area contributed by atoms with Crippen molar-refractivity contribution in [2.75, 3.05) is 21.3 Å². The molecule has 0 saturated carbocycles. The Morgan fingerprint density at radius 2 is 1.73 bits per heavy atom. The van der Waals surface area contributed by atoms with Crippen molar-refractivity contribution in [2.24, 2.45) is 0 Å². The molecule has 0 aliphatic carbocycles. The molecule has 0 bridgehead atoms. The summed E-state index contributed by atoms with van der Waals surface area (Å²) in [6.07, 6.45) is 0.524. The number of rotatable bonds is 5. The highest BCUT2D eigenvalue weighted by Gasteiger charge is 2.29. The maximum Gasteiger partial charge on any atom is 0.337 e. The van der Waals surface area contributed by atoms with E-state index >= 15 is 0 Å². The van der Waals surface area contributed by atoms with E-state index in [4.69, 9.17) is 14.2 Å². The van der Waals surface area contributed by atoms with Gasteiger partial charge in [0, 0.05) is 6.54 Å². The molecule has 1 unspecified atom stereocenters. The first-order chi connectivity index (χ1) is 12.6. The van der Waals surface area contributed by atoms with E-state index in [0.29, 0.717) is 30.0 Å². The number of benzene rings is 2. The minimum Gasteiger partial charge on any atom is -0.493 e. The quantitative estimate of drug-likeness (QED) is 0.834. The second kappa shape index (κ2) is 7.47. The van der Waals surface area contributed by atoms with Crippen LogP contribution in [0.15, 0.2) is 36.4 Å². The lowest BCUT2D eigenvalue weighted by Gasteiger charge is -2.27. The Balaban J connectivity index is 1.91. The highest BCUT2D eigenvalue weighted by molar-refractivity contribution is 5.89. The van der Waals surface area contributed by atoms with Crippen LogP contribution < -0.4 is 14.8 Å². The van der Waals surface area contributed by atoms with Gasteiger partial charge in [-0.2, -0.15) is 0 Å². The van der Waals surface area contributed by atoms with Crippen LogP contribution in [0.2, 0.25) is 0 Å². The zero-order valence-electron chi connectivity index (χ0n) is 15.0. The van der Waals surface area contributed by atoms with E-state index < -0.39 is 0 Å². The number of esters is 1. The topological polar surface area (TPSA) is 73.9 Å². The second-order valence-corrected chi connectivity index (χ2v) is 6.07. The Bertz CT molecular complexity index is 829. The Morgan fingerprint density at radius 3 is 2.35 bits per heavy atom. The third-order valence-corrected chi connectivity index (χ3v) is 4.61. The van der Waals surface area contributed by atoms with Crippen molar-refractivity contribution in [1.82, 2.24) is 5.32 Å². The first-order valence-electron chi connectivity index (χ1n) is 8.27. The molecule has 3 rings (SSSR count). The van der Waals surface area contributed by atoms with Gasteiger partial charge in [-0.25, -0.2) is 4.79 Å². The fourth-order valence-corrected chi connectivity index (χ4v) is 3.19. The van der Waals surface area contributed by atoms with Crippen LogP contribution in [0.25, 0.3) is 0 Å². The summed E-state index contributed by atoms with van der Waals surface area (Å²) < 4.78 is 15.4. The van der Waals surface area contributed by atoms with E-state index in [1.165, 1.54) is 7.11 Å². The van der Waals surface area contributed by atoms with Crippen LogP contribution in [0.5, 0.6) is 11.5 Å². The number of hydrogen-bond acceptors (Lipinski definition) is 5. The van der Waals surface area contributed by atoms with Crippen molar-refractivity contribution < 1.29 is 23.8 Å². The molecule has 1 N–H and O–H groups in total. The van der Waals surface area contributed by atoms with Gasteiger partial charge in [0.05, 0.1) is 32.8 Å². The van der Waals surface area contributed by atoms with E-state index in [1.807, 2.05) is 24.3 Å². The molecule has 6 nitrogen and oxygen atoms in total. The van der Waals surface area contributed by atoms with Gasteiger partial charge < -0.3 is 19.5 Å². The van der Waals surface area contributed by atoms with E-state index in [-0.39, 0.29) is 17.8 Å². The monoisotopic (exact) mass is 355 g/mol.